The predicted octanol–water partition coefficient (Wildman–Crippen LogP) is 3.41. The number of aromatic amines is 1. The maximum atomic E-state index is 12.7. The molecule has 1 N–H and O–H groups in total. The minimum Gasteiger partial charge on any atom is -0.338 e. The topological polar surface area (TPSA) is 58.1 Å². The van der Waals surface area contributed by atoms with Crippen molar-refractivity contribution in [3.05, 3.63) is 68.1 Å². The molecule has 2 heterocycles. The van der Waals surface area contributed by atoms with Gasteiger partial charge in [0.25, 0.3) is 5.91 Å². The molecular formula is C19H18IN3O2. The van der Waals surface area contributed by atoms with Crippen LogP contribution in [0.25, 0.3) is 11.0 Å². The van der Waals surface area contributed by atoms with Gasteiger partial charge in [-0.05, 0) is 65.8 Å². The maximum Gasteiger partial charge on any atom is 0.326 e. The summed E-state index contributed by atoms with van der Waals surface area (Å²) in [6.45, 7) is 1.34. The van der Waals surface area contributed by atoms with E-state index in [-0.39, 0.29) is 17.6 Å². The molecule has 0 radical (unpaired) electrons. The number of H-pyrrole nitrogens is 1. The Morgan fingerprint density at radius 3 is 2.60 bits per heavy atom. The van der Waals surface area contributed by atoms with E-state index in [1.54, 1.807) is 0 Å². The van der Waals surface area contributed by atoms with Crippen LogP contribution in [0.3, 0.4) is 0 Å². The fourth-order valence-corrected chi connectivity index (χ4v) is 4.11. The molecule has 0 atom stereocenters. The summed E-state index contributed by atoms with van der Waals surface area (Å²) in [6.07, 6.45) is 1.58. The zero-order valence-electron chi connectivity index (χ0n) is 13.6. The van der Waals surface area contributed by atoms with Crippen LogP contribution in [0.2, 0.25) is 0 Å². The molecule has 1 aliphatic heterocycles. The Balaban J connectivity index is 1.52. The molecule has 3 aromatic rings. The van der Waals surface area contributed by atoms with Crippen molar-refractivity contribution in [2.24, 2.45) is 0 Å². The van der Waals surface area contributed by atoms with Gasteiger partial charge in [0.15, 0.2) is 0 Å². The average Bonchev–Trinajstić information content (AvgIpc) is 2.97. The van der Waals surface area contributed by atoms with Crippen LogP contribution in [-0.2, 0) is 0 Å². The first-order valence-electron chi connectivity index (χ1n) is 8.37. The molecule has 1 saturated heterocycles. The molecule has 0 spiro atoms. The summed E-state index contributed by atoms with van der Waals surface area (Å²) in [6, 6.07) is 15.6. The molecule has 6 heteroatoms. The summed E-state index contributed by atoms with van der Waals surface area (Å²) >= 11 is 2.22. The van der Waals surface area contributed by atoms with Crippen LogP contribution in [0.15, 0.2) is 53.3 Å². The Morgan fingerprint density at radius 2 is 1.84 bits per heavy atom. The van der Waals surface area contributed by atoms with Crippen LogP contribution in [0.4, 0.5) is 0 Å². The monoisotopic (exact) mass is 447 g/mol. The third kappa shape index (κ3) is 3.10. The molecule has 0 bridgehead atoms. The first-order valence-corrected chi connectivity index (χ1v) is 9.45. The van der Waals surface area contributed by atoms with Crippen LogP contribution in [0, 0.1) is 3.57 Å². The second-order valence-electron chi connectivity index (χ2n) is 6.35. The van der Waals surface area contributed by atoms with Gasteiger partial charge in [-0.25, -0.2) is 4.79 Å². The van der Waals surface area contributed by atoms with Gasteiger partial charge in [-0.2, -0.15) is 0 Å². The van der Waals surface area contributed by atoms with E-state index in [0.29, 0.717) is 13.1 Å². The number of carbonyl (C=O) groups excluding carboxylic acids is 1. The Morgan fingerprint density at radius 1 is 1.08 bits per heavy atom. The van der Waals surface area contributed by atoms with Crippen LogP contribution in [0.1, 0.15) is 29.2 Å². The summed E-state index contributed by atoms with van der Waals surface area (Å²) in [5.74, 6) is 0.0724. The number of benzene rings is 2. The smallest absolute Gasteiger partial charge is 0.326 e. The maximum absolute atomic E-state index is 12.7. The summed E-state index contributed by atoms with van der Waals surface area (Å²) in [5.41, 5.74) is 2.47. The van der Waals surface area contributed by atoms with Crippen molar-refractivity contribution >= 4 is 39.5 Å². The lowest BCUT2D eigenvalue weighted by atomic mass is 10.0. The highest BCUT2D eigenvalue weighted by Gasteiger charge is 2.26. The second-order valence-corrected chi connectivity index (χ2v) is 7.60. The van der Waals surface area contributed by atoms with E-state index in [1.165, 1.54) is 0 Å². The summed E-state index contributed by atoms with van der Waals surface area (Å²) in [5, 5.41) is 0. The number of carbonyl (C=O) groups is 1. The van der Waals surface area contributed by atoms with E-state index in [2.05, 4.69) is 27.6 Å². The van der Waals surface area contributed by atoms with Gasteiger partial charge in [-0.15, -0.1) is 0 Å². The number of fused-ring (bicyclic) bond motifs is 1. The predicted molar refractivity (Wildman–Crippen MR) is 106 cm³/mol. The number of nitrogens with one attached hydrogen (secondary N) is 1. The summed E-state index contributed by atoms with van der Waals surface area (Å²) in [7, 11) is 0. The van der Waals surface area contributed by atoms with E-state index in [4.69, 9.17) is 0 Å². The first-order chi connectivity index (χ1) is 12.1. The third-order valence-corrected chi connectivity index (χ3v) is 5.48. The average molecular weight is 447 g/mol. The Kier molecular flexibility index (Phi) is 4.37. The van der Waals surface area contributed by atoms with Crippen molar-refractivity contribution in [2.45, 2.75) is 18.9 Å². The van der Waals surface area contributed by atoms with Gasteiger partial charge in [0, 0.05) is 28.3 Å². The van der Waals surface area contributed by atoms with Crippen molar-refractivity contribution in [3.63, 3.8) is 0 Å². The summed E-state index contributed by atoms with van der Waals surface area (Å²) < 4.78 is 2.91. The number of piperidine rings is 1. The van der Waals surface area contributed by atoms with E-state index < -0.39 is 0 Å². The highest BCUT2D eigenvalue weighted by molar-refractivity contribution is 14.1. The Labute approximate surface area is 158 Å². The van der Waals surface area contributed by atoms with E-state index in [9.17, 15) is 9.59 Å². The lowest BCUT2D eigenvalue weighted by Crippen LogP contribution is -2.40. The molecule has 0 unspecified atom stereocenters. The molecule has 2 aromatic carbocycles. The molecule has 1 aliphatic rings. The molecule has 4 rings (SSSR count). The van der Waals surface area contributed by atoms with Crippen LogP contribution in [0.5, 0.6) is 0 Å². The van der Waals surface area contributed by atoms with Gasteiger partial charge >= 0.3 is 5.69 Å². The number of hydrogen-bond acceptors (Lipinski definition) is 2. The fourth-order valence-electron chi connectivity index (χ4n) is 3.57. The molecule has 25 heavy (non-hydrogen) atoms. The number of rotatable bonds is 2. The minimum absolute atomic E-state index is 0.0661. The van der Waals surface area contributed by atoms with Gasteiger partial charge in [-0.3, -0.25) is 9.36 Å². The van der Waals surface area contributed by atoms with Crippen molar-refractivity contribution in [1.29, 1.82) is 0 Å². The number of aromatic nitrogens is 2. The molecule has 1 aromatic heterocycles. The van der Waals surface area contributed by atoms with E-state index in [0.717, 1.165) is 33.0 Å². The third-order valence-electron chi connectivity index (χ3n) is 4.81. The standard InChI is InChI=1S/C19H18IN3O2/c20-14-5-3-4-13(12-14)18(24)22-10-8-15(9-11-22)23-17-7-2-1-6-16(17)21-19(23)25/h1-7,12,15H,8-11H2,(H,21,25). The lowest BCUT2D eigenvalue weighted by Gasteiger charge is -2.32. The van der Waals surface area contributed by atoms with Crippen LogP contribution >= 0.6 is 22.6 Å². The molecule has 5 nitrogen and oxygen atoms in total. The van der Waals surface area contributed by atoms with Gasteiger partial charge in [0.1, 0.15) is 0 Å². The number of amides is 1. The van der Waals surface area contributed by atoms with Gasteiger partial charge in [0.2, 0.25) is 0 Å². The quantitative estimate of drug-likeness (QED) is 0.613. The Bertz CT molecular complexity index is 983. The molecule has 1 amide bonds. The number of halogens is 1. The van der Waals surface area contributed by atoms with Gasteiger partial charge < -0.3 is 9.88 Å². The van der Waals surface area contributed by atoms with Crippen molar-refractivity contribution in [2.75, 3.05) is 13.1 Å². The van der Waals surface area contributed by atoms with Crippen LogP contribution < -0.4 is 5.69 Å². The fraction of sp³-hybridized carbons (Fsp3) is 0.263. The number of imidazole rings is 1. The number of hydrogen-bond donors (Lipinski definition) is 1. The van der Waals surface area contributed by atoms with E-state index in [1.807, 2.05) is 58.0 Å². The zero-order chi connectivity index (χ0) is 17.4. The van der Waals surface area contributed by atoms with Crippen molar-refractivity contribution in [1.82, 2.24) is 14.5 Å². The Hall–Kier alpha value is -2.09. The van der Waals surface area contributed by atoms with Gasteiger partial charge in [-0.1, -0.05) is 18.2 Å². The van der Waals surface area contributed by atoms with Gasteiger partial charge in [0.05, 0.1) is 11.0 Å². The largest absolute Gasteiger partial charge is 0.338 e. The number of likely N-dealkylation sites (tertiary alicyclic amines) is 1. The van der Waals surface area contributed by atoms with Crippen molar-refractivity contribution in [3.8, 4) is 0 Å². The van der Waals surface area contributed by atoms with Crippen LogP contribution in [-0.4, -0.2) is 33.4 Å². The molecule has 0 saturated carbocycles. The molecule has 0 aliphatic carbocycles. The highest BCUT2D eigenvalue weighted by Crippen LogP contribution is 2.25. The van der Waals surface area contributed by atoms with E-state index >= 15 is 0 Å². The molecule has 1 fully saturated rings. The highest BCUT2D eigenvalue weighted by atomic mass is 127. The first kappa shape index (κ1) is 16.4. The van der Waals surface area contributed by atoms with Crippen molar-refractivity contribution < 1.29 is 4.79 Å². The second kappa shape index (κ2) is 6.67. The zero-order valence-corrected chi connectivity index (χ0v) is 15.8. The normalized spacial score (nSPS) is 15.6. The number of para-hydroxylation sites is 2. The molecule has 128 valence electrons. The lowest BCUT2D eigenvalue weighted by molar-refractivity contribution is 0.0695. The summed E-state index contributed by atoms with van der Waals surface area (Å²) in [4.78, 5) is 29.8. The molecular weight excluding hydrogens is 429 g/mol. The minimum atomic E-state index is -0.0661. The number of nitrogens with zero attached hydrogens (tertiary/aromatic N) is 2. The SMILES string of the molecule is O=C(c1cccc(I)c1)N1CCC(n2c(=O)[nH]c3ccccc32)CC1.